The SMILES string of the molecule is COC(=O)Nc1cc(NC(=O)c2ccc([N+](=O)[O-])s2)ccc1F. The summed E-state index contributed by atoms with van der Waals surface area (Å²) in [5, 5.41) is 15.1. The van der Waals surface area contributed by atoms with E-state index in [0.717, 1.165) is 13.2 Å². The highest BCUT2D eigenvalue weighted by atomic mass is 32.1. The smallest absolute Gasteiger partial charge is 0.411 e. The van der Waals surface area contributed by atoms with Crippen LogP contribution < -0.4 is 10.6 Å². The Bertz CT molecular complexity index is 777. The molecule has 8 nitrogen and oxygen atoms in total. The van der Waals surface area contributed by atoms with Gasteiger partial charge >= 0.3 is 11.1 Å². The van der Waals surface area contributed by atoms with E-state index in [1.54, 1.807) is 0 Å². The van der Waals surface area contributed by atoms with Gasteiger partial charge in [-0.05, 0) is 24.3 Å². The molecule has 0 aliphatic heterocycles. The van der Waals surface area contributed by atoms with Crippen LogP contribution in [0.15, 0.2) is 30.3 Å². The van der Waals surface area contributed by atoms with Crippen molar-refractivity contribution >= 4 is 39.7 Å². The molecule has 2 rings (SSSR count). The first-order valence-electron chi connectivity index (χ1n) is 6.11. The highest BCUT2D eigenvalue weighted by Crippen LogP contribution is 2.25. The van der Waals surface area contributed by atoms with E-state index in [1.807, 2.05) is 0 Å². The lowest BCUT2D eigenvalue weighted by Crippen LogP contribution is -2.14. The predicted molar refractivity (Wildman–Crippen MR) is 81.4 cm³/mol. The van der Waals surface area contributed by atoms with E-state index in [4.69, 9.17) is 0 Å². The van der Waals surface area contributed by atoms with Gasteiger partial charge in [-0.2, -0.15) is 0 Å². The van der Waals surface area contributed by atoms with Crippen molar-refractivity contribution in [2.45, 2.75) is 0 Å². The number of nitrogens with one attached hydrogen (secondary N) is 2. The Morgan fingerprint density at radius 2 is 2.00 bits per heavy atom. The first-order valence-corrected chi connectivity index (χ1v) is 6.92. The fraction of sp³-hybridized carbons (Fsp3) is 0.0769. The fourth-order valence-corrected chi connectivity index (χ4v) is 2.32. The summed E-state index contributed by atoms with van der Waals surface area (Å²) in [6.45, 7) is 0. The molecular weight excluding hydrogens is 329 g/mol. The number of benzene rings is 1. The summed E-state index contributed by atoms with van der Waals surface area (Å²) in [7, 11) is 1.13. The molecule has 1 aromatic carbocycles. The molecule has 2 N–H and O–H groups in total. The third-order valence-corrected chi connectivity index (χ3v) is 3.68. The molecule has 10 heteroatoms. The number of amides is 2. The molecule has 0 aliphatic carbocycles. The van der Waals surface area contributed by atoms with Gasteiger partial charge in [-0.3, -0.25) is 20.2 Å². The quantitative estimate of drug-likeness (QED) is 0.656. The van der Waals surface area contributed by atoms with E-state index in [9.17, 15) is 24.1 Å². The van der Waals surface area contributed by atoms with Crippen LogP contribution in [0, 0.1) is 15.9 Å². The number of hydrogen-bond acceptors (Lipinski definition) is 6. The minimum atomic E-state index is -0.860. The van der Waals surface area contributed by atoms with Crippen LogP contribution in [0.5, 0.6) is 0 Å². The van der Waals surface area contributed by atoms with E-state index in [2.05, 4.69) is 15.4 Å². The molecule has 23 heavy (non-hydrogen) atoms. The number of thiophene rings is 1. The second-order valence-electron chi connectivity index (χ2n) is 4.16. The van der Waals surface area contributed by atoms with Gasteiger partial charge in [0.2, 0.25) is 0 Å². The summed E-state index contributed by atoms with van der Waals surface area (Å²) in [4.78, 5) is 33.2. The first-order chi connectivity index (χ1) is 10.9. The van der Waals surface area contributed by atoms with E-state index >= 15 is 0 Å². The minimum Gasteiger partial charge on any atom is -0.453 e. The Morgan fingerprint density at radius 3 is 2.61 bits per heavy atom. The molecule has 1 heterocycles. The van der Waals surface area contributed by atoms with Gasteiger partial charge in [0, 0.05) is 11.8 Å². The number of halogens is 1. The number of hydrogen-bond donors (Lipinski definition) is 2. The minimum absolute atomic E-state index is 0.128. The molecule has 2 aromatic rings. The van der Waals surface area contributed by atoms with Crippen molar-refractivity contribution in [3.05, 3.63) is 51.1 Å². The molecule has 2 amide bonds. The maximum Gasteiger partial charge on any atom is 0.411 e. The van der Waals surface area contributed by atoms with Gasteiger partial charge in [0.15, 0.2) is 0 Å². The number of nitro groups is 1. The third kappa shape index (κ3) is 4.01. The Morgan fingerprint density at radius 1 is 1.26 bits per heavy atom. The van der Waals surface area contributed by atoms with E-state index in [0.29, 0.717) is 11.3 Å². The number of carbonyl (C=O) groups is 2. The average Bonchev–Trinajstić information content (AvgIpc) is 3.00. The maximum atomic E-state index is 13.6. The molecular formula is C13H10FN3O5S. The lowest BCUT2D eigenvalue weighted by Gasteiger charge is -2.08. The summed E-state index contributed by atoms with van der Waals surface area (Å²) in [6.07, 6.45) is -0.860. The standard InChI is InChI=1S/C13H10FN3O5S/c1-22-13(19)16-9-6-7(2-3-8(9)14)15-12(18)10-4-5-11(23-10)17(20)21/h2-6H,1H3,(H,15,18)(H,16,19). The van der Waals surface area contributed by atoms with Crippen LogP contribution in [0.4, 0.5) is 25.6 Å². The number of anilines is 2. The molecule has 0 aliphatic rings. The molecule has 0 saturated carbocycles. The summed E-state index contributed by atoms with van der Waals surface area (Å²) in [5.41, 5.74) is 0.0330. The van der Waals surface area contributed by atoms with Crippen molar-refractivity contribution in [2.24, 2.45) is 0 Å². The molecule has 0 bridgehead atoms. The van der Waals surface area contributed by atoms with Gasteiger partial charge < -0.3 is 10.1 Å². The fourth-order valence-electron chi connectivity index (χ4n) is 1.60. The van der Waals surface area contributed by atoms with Crippen LogP contribution in [0.3, 0.4) is 0 Å². The molecule has 0 fully saturated rings. The van der Waals surface area contributed by atoms with Crippen LogP contribution in [0.25, 0.3) is 0 Å². The maximum absolute atomic E-state index is 13.6. The largest absolute Gasteiger partial charge is 0.453 e. The Labute approximate surface area is 133 Å². The second kappa shape index (κ2) is 6.83. The number of nitrogens with zero attached hydrogens (tertiary/aromatic N) is 1. The van der Waals surface area contributed by atoms with Crippen molar-refractivity contribution in [1.29, 1.82) is 0 Å². The van der Waals surface area contributed by atoms with Crippen LogP contribution in [0.2, 0.25) is 0 Å². The number of rotatable bonds is 4. The van der Waals surface area contributed by atoms with Crippen molar-refractivity contribution in [1.82, 2.24) is 0 Å². The Kier molecular flexibility index (Phi) is 4.86. The van der Waals surface area contributed by atoms with E-state index < -0.39 is 22.7 Å². The van der Waals surface area contributed by atoms with Gasteiger partial charge in [0.25, 0.3) is 5.91 Å². The van der Waals surface area contributed by atoms with Crippen molar-refractivity contribution in [2.75, 3.05) is 17.7 Å². The summed E-state index contributed by atoms with van der Waals surface area (Å²) in [6, 6.07) is 6.07. The Balaban J connectivity index is 2.15. The number of ether oxygens (including phenoxy) is 1. The van der Waals surface area contributed by atoms with Crippen molar-refractivity contribution in [3.8, 4) is 0 Å². The zero-order chi connectivity index (χ0) is 17.0. The molecule has 0 saturated heterocycles. The van der Waals surface area contributed by atoms with E-state index in [1.165, 1.54) is 24.3 Å². The molecule has 0 unspecified atom stereocenters. The van der Waals surface area contributed by atoms with Crippen LogP contribution >= 0.6 is 11.3 Å². The van der Waals surface area contributed by atoms with Gasteiger partial charge in [-0.25, -0.2) is 9.18 Å². The Hall–Kier alpha value is -3.01. The lowest BCUT2D eigenvalue weighted by atomic mass is 10.2. The second-order valence-corrected chi connectivity index (χ2v) is 5.22. The van der Waals surface area contributed by atoms with Crippen LogP contribution in [0.1, 0.15) is 9.67 Å². The monoisotopic (exact) mass is 339 g/mol. The van der Waals surface area contributed by atoms with E-state index in [-0.39, 0.29) is 21.3 Å². The summed E-state index contributed by atoms with van der Waals surface area (Å²) >= 11 is 0.715. The topological polar surface area (TPSA) is 111 Å². The van der Waals surface area contributed by atoms with Gasteiger partial charge in [0.1, 0.15) is 5.82 Å². The normalized spacial score (nSPS) is 10.0. The zero-order valence-electron chi connectivity index (χ0n) is 11.7. The molecule has 0 atom stereocenters. The molecule has 0 spiro atoms. The lowest BCUT2D eigenvalue weighted by molar-refractivity contribution is -0.380. The molecule has 1 aromatic heterocycles. The summed E-state index contributed by atoms with van der Waals surface area (Å²) < 4.78 is 17.9. The van der Waals surface area contributed by atoms with Crippen molar-refractivity contribution in [3.63, 3.8) is 0 Å². The molecule has 120 valence electrons. The molecule has 0 radical (unpaired) electrons. The highest BCUT2D eigenvalue weighted by molar-refractivity contribution is 7.17. The van der Waals surface area contributed by atoms with Gasteiger partial charge in [-0.1, -0.05) is 11.3 Å². The third-order valence-electron chi connectivity index (χ3n) is 2.64. The highest BCUT2D eigenvalue weighted by Gasteiger charge is 2.16. The van der Waals surface area contributed by atoms with Gasteiger partial charge in [-0.15, -0.1) is 0 Å². The number of carbonyl (C=O) groups excluding carboxylic acids is 2. The first kappa shape index (κ1) is 16.4. The van der Waals surface area contributed by atoms with Gasteiger partial charge in [0.05, 0.1) is 22.6 Å². The van der Waals surface area contributed by atoms with Crippen LogP contribution in [-0.2, 0) is 4.74 Å². The summed E-state index contributed by atoms with van der Waals surface area (Å²) in [5.74, 6) is -1.29. The van der Waals surface area contributed by atoms with Crippen LogP contribution in [-0.4, -0.2) is 24.0 Å². The van der Waals surface area contributed by atoms with Crippen molar-refractivity contribution < 1.29 is 23.6 Å². The predicted octanol–water partition coefficient (Wildman–Crippen LogP) is 3.23. The number of methoxy groups -OCH3 is 1. The zero-order valence-corrected chi connectivity index (χ0v) is 12.5. The average molecular weight is 339 g/mol.